The number of ketones is 1. The molecule has 0 spiro atoms. The molecule has 2 aliphatic carbocycles. The number of ether oxygens (including phenoxy) is 1. The molecule has 36 heavy (non-hydrogen) atoms. The zero-order valence-electron chi connectivity index (χ0n) is 19.8. The Bertz CT molecular complexity index is 1240. The largest absolute Gasteiger partial charge is 0.508 e. The van der Waals surface area contributed by atoms with Crippen molar-refractivity contribution in [2.24, 2.45) is 5.41 Å². The van der Waals surface area contributed by atoms with Crippen molar-refractivity contribution in [1.82, 2.24) is 5.32 Å². The highest BCUT2D eigenvalue weighted by atomic mass is 35.5. The molecule has 0 saturated carbocycles. The summed E-state index contributed by atoms with van der Waals surface area (Å²) in [5.74, 6) is -1.44. The van der Waals surface area contributed by atoms with E-state index in [1.54, 1.807) is 24.3 Å². The Morgan fingerprint density at radius 3 is 2.58 bits per heavy atom. The number of carboxylic acids is 1. The number of halogens is 2. The SMILES string of the molecule is CCCC12CCC(=O)C=C1c1c(cc(OCC(=O)N[C@@H](Cc3ccc(O)cc3)C(=O)O)c(Cl)c1Cl)C2. The summed E-state index contributed by atoms with van der Waals surface area (Å²) in [5.41, 5.74) is 3.12. The standard InChI is InChI=1S/C27H27Cl2NO6/c1-2-8-27-9-7-18(32)12-19(27)23-16(13-27)11-21(24(28)25(23)29)36-14-22(33)30-20(26(34)35)10-15-3-5-17(31)6-4-15/h3-6,11-12,20,31H,2,7-10,13-14H2,1H3,(H,30,33)(H,34,35)/t20-,27?/m0/s1. The molecule has 7 nitrogen and oxygen atoms in total. The molecule has 0 fully saturated rings. The molecule has 0 saturated heterocycles. The second-order valence-electron chi connectivity index (χ2n) is 9.39. The summed E-state index contributed by atoms with van der Waals surface area (Å²) in [4.78, 5) is 36.4. The number of phenols is 1. The lowest BCUT2D eigenvalue weighted by atomic mass is 9.70. The number of rotatable bonds is 9. The third-order valence-electron chi connectivity index (χ3n) is 6.88. The lowest BCUT2D eigenvalue weighted by Crippen LogP contribution is -2.44. The molecule has 0 radical (unpaired) electrons. The van der Waals surface area contributed by atoms with Crippen LogP contribution in [0.2, 0.25) is 10.0 Å². The van der Waals surface area contributed by atoms with E-state index in [1.807, 2.05) is 0 Å². The van der Waals surface area contributed by atoms with Gasteiger partial charge in [0.05, 0.1) is 5.02 Å². The first-order chi connectivity index (χ1) is 17.1. The van der Waals surface area contributed by atoms with Gasteiger partial charge in [-0.1, -0.05) is 48.7 Å². The van der Waals surface area contributed by atoms with Crippen LogP contribution in [0, 0.1) is 5.41 Å². The van der Waals surface area contributed by atoms with Crippen molar-refractivity contribution in [1.29, 1.82) is 0 Å². The molecule has 190 valence electrons. The van der Waals surface area contributed by atoms with Gasteiger partial charge in [0, 0.05) is 23.8 Å². The molecule has 9 heteroatoms. The van der Waals surface area contributed by atoms with Gasteiger partial charge in [-0.25, -0.2) is 4.79 Å². The highest BCUT2D eigenvalue weighted by Gasteiger charge is 2.45. The second kappa shape index (κ2) is 10.5. The maximum absolute atomic E-state index is 12.5. The van der Waals surface area contributed by atoms with Gasteiger partial charge in [-0.15, -0.1) is 0 Å². The van der Waals surface area contributed by atoms with Gasteiger partial charge in [0.1, 0.15) is 22.6 Å². The van der Waals surface area contributed by atoms with E-state index in [9.17, 15) is 24.6 Å². The summed E-state index contributed by atoms with van der Waals surface area (Å²) in [6.07, 6.45) is 5.59. The van der Waals surface area contributed by atoms with Crippen LogP contribution in [0.1, 0.15) is 49.3 Å². The molecule has 2 aliphatic rings. The van der Waals surface area contributed by atoms with Crippen molar-refractivity contribution >= 4 is 46.4 Å². The zero-order valence-corrected chi connectivity index (χ0v) is 21.3. The summed E-state index contributed by atoms with van der Waals surface area (Å²) < 4.78 is 5.68. The number of hydrogen-bond acceptors (Lipinski definition) is 5. The van der Waals surface area contributed by atoms with Gasteiger partial charge in [0.25, 0.3) is 5.91 Å². The summed E-state index contributed by atoms with van der Waals surface area (Å²) in [6.45, 7) is 1.66. The molecule has 0 heterocycles. The van der Waals surface area contributed by atoms with Crippen molar-refractivity contribution in [2.75, 3.05) is 6.61 Å². The number of hydrogen-bond donors (Lipinski definition) is 3. The van der Waals surface area contributed by atoms with Crippen molar-refractivity contribution in [3.8, 4) is 11.5 Å². The molecular formula is C27H27Cl2NO6. The van der Waals surface area contributed by atoms with Gasteiger partial charge in [0.15, 0.2) is 12.4 Å². The van der Waals surface area contributed by atoms with E-state index in [-0.39, 0.29) is 34.1 Å². The van der Waals surface area contributed by atoms with Crippen LogP contribution in [-0.4, -0.2) is 40.5 Å². The molecule has 2 aromatic rings. The predicted octanol–water partition coefficient (Wildman–Crippen LogP) is 4.98. The zero-order chi connectivity index (χ0) is 26.0. The number of carbonyl (C=O) groups excluding carboxylic acids is 2. The van der Waals surface area contributed by atoms with Crippen molar-refractivity contribution in [3.05, 3.63) is 63.1 Å². The normalized spacial score (nSPS) is 19.2. The Kier molecular flexibility index (Phi) is 7.62. The van der Waals surface area contributed by atoms with Crippen LogP contribution in [0.15, 0.2) is 36.4 Å². The number of fused-ring (bicyclic) bond motifs is 3. The van der Waals surface area contributed by atoms with E-state index in [0.29, 0.717) is 23.4 Å². The Hall–Kier alpha value is -3.03. The van der Waals surface area contributed by atoms with Crippen molar-refractivity contribution in [3.63, 3.8) is 0 Å². The van der Waals surface area contributed by atoms with E-state index in [1.165, 1.54) is 12.1 Å². The first kappa shape index (κ1) is 26.0. The molecule has 2 atom stereocenters. The molecule has 0 aliphatic heterocycles. The second-order valence-corrected chi connectivity index (χ2v) is 10.1. The molecule has 0 aromatic heterocycles. The number of aliphatic carboxylic acids is 1. The number of aromatic hydroxyl groups is 1. The highest BCUT2D eigenvalue weighted by molar-refractivity contribution is 6.44. The number of benzene rings is 2. The summed E-state index contributed by atoms with van der Waals surface area (Å²) in [5, 5.41) is 21.8. The van der Waals surface area contributed by atoms with Crippen LogP contribution >= 0.6 is 23.2 Å². The molecular weight excluding hydrogens is 505 g/mol. The van der Waals surface area contributed by atoms with Gasteiger partial charge in [-0.2, -0.15) is 0 Å². The van der Waals surface area contributed by atoms with Gasteiger partial charge >= 0.3 is 5.97 Å². The Morgan fingerprint density at radius 2 is 1.92 bits per heavy atom. The maximum Gasteiger partial charge on any atom is 0.326 e. The maximum atomic E-state index is 12.5. The average molecular weight is 532 g/mol. The summed E-state index contributed by atoms with van der Waals surface area (Å²) in [6, 6.07) is 6.67. The monoisotopic (exact) mass is 531 g/mol. The predicted molar refractivity (Wildman–Crippen MR) is 137 cm³/mol. The van der Waals surface area contributed by atoms with Crippen molar-refractivity contribution in [2.45, 2.75) is 51.5 Å². The number of phenolic OH excluding ortho intramolecular Hbond substituents is 1. The van der Waals surface area contributed by atoms with E-state index in [0.717, 1.165) is 36.0 Å². The fraction of sp³-hybridized carbons (Fsp3) is 0.370. The number of nitrogens with one attached hydrogen (secondary N) is 1. The van der Waals surface area contributed by atoms with E-state index in [4.69, 9.17) is 27.9 Å². The lowest BCUT2D eigenvalue weighted by molar-refractivity contribution is -0.142. The first-order valence-electron chi connectivity index (χ1n) is 11.8. The van der Waals surface area contributed by atoms with Crippen LogP contribution in [-0.2, 0) is 27.2 Å². The van der Waals surface area contributed by atoms with Gasteiger partial charge in [0.2, 0.25) is 0 Å². The topological polar surface area (TPSA) is 113 Å². The van der Waals surface area contributed by atoms with Crippen LogP contribution in [0.4, 0.5) is 0 Å². The average Bonchev–Trinajstić information content (AvgIpc) is 3.15. The van der Waals surface area contributed by atoms with Crippen LogP contribution in [0.5, 0.6) is 11.5 Å². The lowest BCUT2D eigenvalue weighted by Gasteiger charge is -2.33. The first-order valence-corrected chi connectivity index (χ1v) is 12.6. The molecule has 2 aromatic carbocycles. The summed E-state index contributed by atoms with van der Waals surface area (Å²) in [7, 11) is 0. The fourth-order valence-corrected chi connectivity index (χ4v) is 5.75. The smallest absolute Gasteiger partial charge is 0.326 e. The quantitative estimate of drug-likeness (QED) is 0.420. The minimum Gasteiger partial charge on any atom is -0.508 e. The van der Waals surface area contributed by atoms with Crippen LogP contribution in [0.3, 0.4) is 0 Å². The fourth-order valence-electron chi connectivity index (χ4n) is 5.23. The van der Waals surface area contributed by atoms with Crippen LogP contribution in [0.25, 0.3) is 5.57 Å². The van der Waals surface area contributed by atoms with E-state index >= 15 is 0 Å². The van der Waals surface area contributed by atoms with Gasteiger partial charge in [-0.05, 0) is 60.2 Å². The van der Waals surface area contributed by atoms with Gasteiger partial charge in [-0.3, -0.25) is 9.59 Å². The number of amides is 1. The van der Waals surface area contributed by atoms with E-state index < -0.39 is 24.5 Å². The summed E-state index contributed by atoms with van der Waals surface area (Å²) >= 11 is 13.2. The van der Waals surface area contributed by atoms with Gasteiger partial charge < -0.3 is 20.3 Å². The number of carbonyl (C=O) groups is 3. The molecule has 3 N–H and O–H groups in total. The number of allylic oxidation sites excluding steroid dienone is 2. The molecule has 4 rings (SSSR count). The van der Waals surface area contributed by atoms with Crippen LogP contribution < -0.4 is 10.1 Å². The molecule has 0 bridgehead atoms. The number of carboxylic acid groups (broad SMARTS) is 1. The third-order valence-corrected chi connectivity index (χ3v) is 7.73. The molecule has 1 amide bonds. The van der Waals surface area contributed by atoms with E-state index in [2.05, 4.69) is 12.2 Å². The minimum atomic E-state index is -1.19. The Labute approximate surface area is 219 Å². The third kappa shape index (κ3) is 5.22. The highest BCUT2D eigenvalue weighted by Crippen LogP contribution is 2.58. The Morgan fingerprint density at radius 1 is 1.19 bits per heavy atom. The van der Waals surface area contributed by atoms with Crippen molar-refractivity contribution < 1.29 is 29.3 Å². The Balaban J connectivity index is 1.49. The minimum absolute atomic E-state index is 0.0418. The molecule has 1 unspecified atom stereocenters.